The van der Waals surface area contributed by atoms with Crippen molar-refractivity contribution in [2.45, 2.75) is 0 Å². The van der Waals surface area contributed by atoms with Gasteiger partial charge in [-0.15, -0.1) is 0 Å². The second-order valence-corrected chi connectivity index (χ2v) is 8.11. The summed E-state index contributed by atoms with van der Waals surface area (Å²) in [5.41, 5.74) is 6.67. The number of rotatable bonds is 3. The molecule has 0 spiro atoms. The van der Waals surface area contributed by atoms with Gasteiger partial charge in [0.2, 0.25) is 5.88 Å². The minimum atomic E-state index is 0.611. The minimum Gasteiger partial charge on any atom is -0.481 e. The van der Waals surface area contributed by atoms with Crippen molar-refractivity contribution in [1.82, 2.24) is 9.97 Å². The fourth-order valence-electron chi connectivity index (χ4n) is 4.50. The van der Waals surface area contributed by atoms with E-state index in [0.717, 1.165) is 34.6 Å². The summed E-state index contributed by atoms with van der Waals surface area (Å²) >= 11 is 0. The van der Waals surface area contributed by atoms with E-state index in [0.29, 0.717) is 5.88 Å². The lowest BCUT2D eigenvalue weighted by molar-refractivity contribution is 0.398. The lowest BCUT2D eigenvalue weighted by Crippen LogP contribution is -2.24. The number of hydrogen-bond acceptors (Lipinski definition) is 5. The Hall–Kier alpha value is -4.12. The SMILES string of the molecule is COc1ccc(N2CN(C)c3cnc4ccc(-c5ccc6ccccc6c5)cc4c32)cn1. The molecule has 156 valence electrons. The summed E-state index contributed by atoms with van der Waals surface area (Å²) in [7, 11) is 3.73. The molecule has 0 aliphatic carbocycles. The summed E-state index contributed by atoms with van der Waals surface area (Å²) in [5, 5.41) is 3.62. The van der Waals surface area contributed by atoms with Gasteiger partial charge >= 0.3 is 0 Å². The Bertz CT molecular complexity index is 1460. The molecule has 3 aromatic carbocycles. The fraction of sp³-hybridized carbons (Fsp3) is 0.111. The molecule has 0 saturated carbocycles. The van der Waals surface area contributed by atoms with Crippen LogP contribution in [0.15, 0.2) is 85.2 Å². The number of benzene rings is 3. The Kier molecular flexibility index (Phi) is 4.21. The molecule has 0 fully saturated rings. The van der Waals surface area contributed by atoms with Crippen LogP contribution < -0.4 is 14.5 Å². The number of aromatic nitrogens is 2. The first kappa shape index (κ1) is 18.6. The lowest BCUT2D eigenvalue weighted by atomic mass is 9.99. The molecule has 0 saturated heterocycles. The van der Waals surface area contributed by atoms with E-state index in [1.54, 1.807) is 7.11 Å². The van der Waals surface area contributed by atoms with Crippen LogP contribution in [0.5, 0.6) is 5.88 Å². The second kappa shape index (κ2) is 7.24. The van der Waals surface area contributed by atoms with Crippen LogP contribution in [0.3, 0.4) is 0 Å². The molecule has 5 aromatic rings. The average molecular weight is 419 g/mol. The largest absolute Gasteiger partial charge is 0.481 e. The molecule has 3 heterocycles. The molecule has 0 bridgehead atoms. The monoisotopic (exact) mass is 418 g/mol. The number of nitrogens with zero attached hydrogens (tertiary/aromatic N) is 4. The van der Waals surface area contributed by atoms with E-state index in [4.69, 9.17) is 9.72 Å². The quantitative estimate of drug-likeness (QED) is 0.359. The van der Waals surface area contributed by atoms with Crippen LogP contribution in [-0.2, 0) is 0 Å². The van der Waals surface area contributed by atoms with Crippen LogP contribution in [-0.4, -0.2) is 30.8 Å². The predicted molar refractivity (Wildman–Crippen MR) is 131 cm³/mol. The number of ether oxygens (including phenoxy) is 1. The standard InChI is InChI=1S/C27H22N4O/c1-30-17-31(22-10-12-26(32-2)29-15-22)27-23-14-21(9-11-24(23)28-16-25(27)30)20-8-7-18-5-3-4-6-19(18)13-20/h3-16H,17H2,1-2H3. The van der Waals surface area contributed by atoms with Crippen molar-refractivity contribution in [3.05, 3.63) is 85.2 Å². The van der Waals surface area contributed by atoms with E-state index in [2.05, 4.69) is 82.5 Å². The van der Waals surface area contributed by atoms with Crippen LogP contribution in [0.4, 0.5) is 17.1 Å². The van der Waals surface area contributed by atoms with Gasteiger partial charge in [-0.2, -0.15) is 0 Å². The van der Waals surface area contributed by atoms with Crippen molar-refractivity contribution in [3.8, 4) is 17.0 Å². The fourth-order valence-corrected chi connectivity index (χ4v) is 4.50. The normalized spacial score (nSPS) is 13.1. The van der Waals surface area contributed by atoms with Crippen molar-refractivity contribution >= 4 is 38.7 Å². The number of pyridine rings is 2. The van der Waals surface area contributed by atoms with Crippen molar-refractivity contribution in [2.24, 2.45) is 0 Å². The van der Waals surface area contributed by atoms with Gasteiger partial charge in [0.05, 0.1) is 48.8 Å². The first-order valence-corrected chi connectivity index (χ1v) is 10.6. The van der Waals surface area contributed by atoms with E-state index in [-0.39, 0.29) is 0 Å². The zero-order valence-electron chi connectivity index (χ0n) is 18.0. The molecule has 2 aromatic heterocycles. The summed E-state index contributed by atoms with van der Waals surface area (Å²) < 4.78 is 5.24. The van der Waals surface area contributed by atoms with Crippen molar-refractivity contribution in [3.63, 3.8) is 0 Å². The molecular formula is C27H22N4O. The topological polar surface area (TPSA) is 41.5 Å². The van der Waals surface area contributed by atoms with Crippen LogP contribution in [0, 0.1) is 0 Å². The van der Waals surface area contributed by atoms with Crippen LogP contribution in [0.1, 0.15) is 0 Å². The molecule has 32 heavy (non-hydrogen) atoms. The number of fused-ring (bicyclic) bond motifs is 4. The smallest absolute Gasteiger partial charge is 0.213 e. The van der Waals surface area contributed by atoms with Crippen molar-refractivity contribution in [2.75, 3.05) is 30.6 Å². The van der Waals surface area contributed by atoms with Crippen LogP contribution >= 0.6 is 0 Å². The summed E-state index contributed by atoms with van der Waals surface area (Å²) in [6, 6.07) is 25.6. The Morgan fingerprint density at radius 3 is 2.44 bits per heavy atom. The summed E-state index contributed by atoms with van der Waals surface area (Å²) in [4.78, 5) is 13.7. The molecule has 0 N–H and O–H groups in total. The maximum Gasteiger partial charge on any atom is 0.213 e. The van der Waals surface area contributed by atoms with Gasteiger partial charge in [0.25, 0.3) is 0 Å². The van der Waals surface area contributed by atoms with Gasteiger partial charge in [-0.25, -0.2) is 4.98 Å². The van der Waals surface area contributed by atoms with Crippen molar-refractivity contribution < 1.29 is 4.74 Å². The molecule has 1 aliphatic rings. The highest BCUT2D eigenvalue weighted by Gasteiger charge is 2.27. The molecule has 0 atom stereocenters. The Labute approximate surface area is 186 Å². The molecule has 5 heteroatoms. The third-order valence-corrected chi connectivity index (χ3v) is 6.18. The molecule has 0 unspecified atom stereocenters. The minimum absolute atomic E-state index is 0.611. The highest BCUT2D eigenvalue weighted by Crippen LogP contribution is 2.44. The third-order valence-electron chi connectivity index (χ3n) is 6.18. The van der Waals surface area contributed by atoms with E-state index < -0.39 is 0 Å². The molecule has 0 amide bonds. The Morgan fingerprint density at radius 1 is 0.812 bits per heavy atom. The van der Waals surface area contributed by atoms with Crippen LogP contribution in [0.2, 0.25) is 0 Å². The molecular weight excluding hydrogens is 396 g/mol. The van der Waals surface area contributed by atoms with Gasteiger partial charge < -0.3 is 14.5 Å². The zero-order valence-corrected chi connectivity index (χ0v) is 18.0. The summed E-state index contributed by atoms with van der Waals surface area (Å²) in [6.07, 6.45) is 3.82. The third kappa shape index (κ3) is 2.94. The first-order chi connectivity index (χ1) is 15.7. The highest BCUT2D eigenvalue weighted by molar-refractivity contribution is 6.04. The molecule has 6 rings (SSSR count). The van der Waals surface area contributed by atoms with Crippen LogP contribution in [0.25, 0.3) is 32.8 Å². The van der Waals surface area contributed by atoms with Gasteiger partial charge in [0.15, 0.2) is 0 Å². The van der Waals surface area contributed by atoms with Gasteiger partial charge in [-0.05, 0) is 46.2 Å². The lowest BCUT2D eigenvalue weighted by Gasteiger charge is -2.20. The second-order valence-electron chi connectivity index (χ2n) is 8.11. The molecule has 5 nitrogen and oxygen atoms in total. The maximum absolute atomic E-state index is 5.24. The van der Waals surface area contributed by atoms with E-state index >= 15 is 0 Å². The summed E-state index contributed by atoms with van der Waals surface area (Å²) in [5.74, 6) is 0.611. The maximum atomic E-state index is 5.24. The Morgan fingerprint density at radius 2 is 1.62 bits per heavy atom. The summed E-state index contributed by atoms with van der Waals surface area (Å²) in [6.45, 7) is 0.740. The number of hydrogen-bond donors (Lipinski definition) is 0. The van der Waals surface area contributed by atoms with E-state index in [9.17, 15) is 0 Å². The zero-order chi connectivity index (χ0) is 21.7. The van der Waals surface area contributed by atoms with Gasteiger partial charge in [-0.1, -0.05) is 42.5 Å². The average Bonchev–Trinajstić information content (AvgIpc) is 3.20. The first-order valence-electron chi connectivity index (χ1n) is 10.6. The predicted octanol–water partition coefficient (Wildman–Crippen LogP) is 6.00. The number of methoxy groups -OCH3 is 1. The molecule has 0 radical (unpaired) electrons. The van der Waals surface area contributed by atoms with E-state index in [1.165, 1.54) is 21.9 Å². The van der Waals surface area contributed by atoms with Crippen molar-refractivity contribution in [1.29, 1.82) is 0 Å². The van der Waals surface area contributed by atoms with Gasteiger partial charge in [0.1, 0.15) is 0 Å². The number of anilines is 3. The highest BCUT2D eigenvalue weighted by atomic mass is 16.5. The van der Waals surface area contributed by atoms with Gasteiger partial charge in [0, 0.05) is 18.5 Å². The molecule has 1 aliphatic heterocycles. The Balaban J connectivity index is 1.52. The van der Waals surface area contributed by atoms with Gasteiger partial charge in [-0.3, -0.25) is 4.98 Å². The van der Waals surface area contributed by atoms with E-state index in [1.807, 2.05) is 24.5 Å².